The molecule has 0 aliphatic heterocycles. The average Bonchev–Trinajstić information content (AvgIpc) is 2.34. The minimum atomic E-state index is -0.0374. The van der Waals surface area contributed by atoms with E-state index in [9.17, 15) is 0 Å². The third-order valence-corrected chi connectivity index (χ3v) is 1.68. The maximum absolute atomic E-state index is 5.55. The van der Waals surface area contributed by atoms with Crippen molar-refractivity contribution in [2.75, 3.05) is 6.26 Å². The molecular formula is C6H11ClN2OS. The molecule has 1 heterocycles. The van der Waals surface area contributed by atoms with E-state index in [4.69, 9.17) is 10.2 Å². The van der Waals surface area contributed by atoms with E-state index < -0.39 is 0 Å². The Morgan fingerprint density at radius 3 is 2.64 bits per heavy atom. The van der Waals surface area contributed by atoms with Crippen LogP contribution in [-0.4, -0.2) is 11.2 Å². The first-order valence-corrected chi connectivity index (χ1v) is 4.21. The van der Waals surface area contributed by atoms with Crippen LogP contribution in [0.3, 0.4) is 0 Å². The van der Waals surface area contributed by atoms with Gasteiger partial charge in [0.2, 0.25) is 0 Å². The highest BCUT2D eigenvalue weighted by molar-refractivity contribution is 7.98. The van der Waals surface area contributed by atoms with E-state index in [-0.39, 0.29) is 18.4 Å². The standard InChI is InChI=1S/C6H10N2OS.ClH/c1-4(7)5-3-9-6(8-5)10-2;/h3-4H,7H2,1-2H3;1H/t4-;/m0./s1. The number of nitrogens with zero attached hydrogens (tertiary/aromatic N) is 1. The molecule has 0 amide bonds. The molecule has 2 N–H and O–H groups in total. The molecule has 0 spiro atoms. The molecule has 0 aromatic carbocycles. The molecule has 0 unspecified atom stereocenters. The van der Waals surface area contributed by atoms with Crippen LogP contribution in [0.1, 0.15) is 18.7 Å². The number of hydrogen-bond acceptors (Lipinski definition) is 4. The molecule has 1 atom stereocenters. The molecule has 0 saturated heterocycles. The molecule has 0 aliphatic carbocycles. The van der Waals surface area contributed by atoms with E-state index >= 15 is 0 Å². The Bertz CT molecular complexity index is 214. The van der Waals surface area contributed by atoms with Crippen molar-refractivity contribution in [2.24, 2.45) is 5.73 Å². The molecule has 1 aromatic heterocycles. The number of oxazole rings is 1. The highest BCUT2D eigenvalue weighted by atomic mass is 35.5. The maximum Gasteiger partial charge on any atom is 0.255 e. The minimum absolute atomic E-state index is 0. The molecule has 11 heavy (non-hydrogen) atoms. The van der Waals surface area contributed by atoms with Crippen molar-refractivity contribution in [3.63, 3.8) is 0 Å². The number of rotatable bonds is 2. The summed E-state index contributed by atoms with van der Waals surface area (Å²) in [6.45, 7) is 1.88. The Labute approximate surface area is 76.2 Å². The van der Waals surface area contributed by atoms with Crippen molar-refractivity contribution in [3.8, 4) is 0 Å². The maximum atomic E-state index is 5.55. The lowest BCUT2D eigenvalue weighted by atomic mass is 10.3. The fourth-order valence-electron chi connectivity index (χ4n) is 0.572. The van der Waals surface area contributed by atoms with Gasteiger partial charge in [0, 0.05) is 6.04 Å². The molecule has 0 radical (unpaired) electrons. The summed E-state index contributed by atoms with van der Waals surface area (Å²) in [5.74, 6) is 0. The topological polar surface area (TPSA) is 52.0 Å². The normalized spacial score (nSPS) is 12.3. The van der Waals surface area contributed by atoms with E-state index in [2.05, 4.69) is 4.98 Å². The smallest absolute Gasteiger partial charge is 0.255 e. The zero-order valence-corrected chi connectivity index (χ0v) is 8.04. The zero-order chi connectivity index (χ0) is 7.56. The van der Waals surface area contributed by atoms with Gasteiger partial charge < -0.3 is 10.2 Å². The molecule has 3 nitrogen and oxygen atoms in total. The number of thioether (sulfide) groups is 1. The third kappa shape index (κ3) is 2.73. The fourth-order valence-corrected chi connectivity index (χ4v) is 0.913. The first-order valence-electron chi connectivity index (χ1n) is 2.99. The van der Waals surface area contributed by atoms with Crippen LogP contribution in [0.4, 0.5) is 0 Å². The predicted molar refractivity (Wildman–Crippen MR) is 48.1 cm³/mol. The number of aromatic nitrogens is 1. The van der Waals surface area contributed by atoms with Crippen LogP contribution in [-0.2, 0) is 0 Å². The lowest BCUT2D eigenvalue weighted by Crippen LogP contribution is -2.04. The molecule has 0 fully saturated rings. The van der Waals surface area contributed by atoms with Crippen molar-refractivity contribution >= 4 is 24.2 Å². The van der Waals surface area contributed by atoms with E-state index in [0.29, 0.717) is 5.22 Å². The largest absolute Gasteiger partial charge is 0.440 e. The Morgan fingerprint density at radius 2 is 2.36 bits per heavy atom. The van der Waals surface area contributed by atoms with E-state index in [1.54, 1.807) is 6.26 Å². The van der Waals surface area contributed by atoms with Gasteiger partial charge in [-0.3, -0.25) is 0 Å². The van der Waals surface area contributed by atoms with Crippen LogP contribution in [0.2, 0.25) is 0 Å². The van der Waals surface area contributed by atoms with Gasteiger partial charge in [0.25, 0.3) is 5.22 Å². The molecule has 1 aromatic rings. The number of halogens is 1. The molecule has 0 saturated carbocycles. The van der Waals surface area contributed by atoms with Gasteiger partial charge in [-0.25, -0.2) is 4.98 Å². The first-order chi connectivity index (χ1) is 4.74. The van der Waals surface area contributed by atoms with Gasteiger partial charge >= 0.3 is 0 Å². The summed E-state index contributed by atoms with van der Waals surface area (Å²) in [4.78, 5) is 4.10. The molecular weight excluding hydrogens is 184 g/mol. The summed E-state index contributed by atoms with van der Waals surface area (Å²) in [5, 5.41) is 0.673. The van der Waals surface area contributed by atoms with Crippen molar-refractivity contribution in [1.82, 2.24) is 4.98 Å². The minimum Gasteiger partial charge on any atom is -0.440 e. The van der Waals surface area contributed by atoms with Gasteiger partial charge in [0.05, 0.1) is 5.69 Å². The van der Waals surface area contributed by atoms with Crippen LogP contribution in [0.5, 0.6) is 0 Å². The monoisotopic (exact) mass is 194 g/mol. The second kappa shape index (κ2) is 4.64. The zero-order valence-electron chi connectivity index (χ0n) is 6.40. The molecule has 5 heteroatoms. The highest BCUT2D eigenvalue weighted by Gasteiger charge is 2.05. The third-order valence-electron chi connectivity index (χ3n) is 1.14. The highest BCUT2D eigenvalue weighted by Crippen LogP contribution is 2.16. The van der Waals surface area contributed by atoms with Crippen LogP contribution >= 0.6 is 24.2 Å². The molecule has 0 aliphatic rings. The van der Waals surface area contributed by atoms with Gasteiger partial charge in [0.1, 0.15) is 6.26 Å². The Kier molecular flexibility index (Phi) is 4.56. The SMILES string of the molecule is CSc1nc([C@H](C)N)co1.Cl. The van der Waals surface area contributed by atoms with Crippen LogP contribution < -0.4 is 5.73 Å². The Balaban J connectivity index is 0.000001000. The first kappa shape index (κ1) is 10.8. The fraction of sp³-hybridized carbons (Fsp3) is 0.500. The van der Waals surface area contributed by atoms with Gasteiger partial charge in [-0.2, -0.15) is 0 Å². The Hall–Kier alpha value is -0.190. The quantitative estimate of drug-likeness (QED) is 0.730. The summed E-state index contributed by atoms with van der Waals surface area (Å²) >= 11 is 1.47. The summed E-state index contributed by atoms with van der Waals surface area (Å²) in [5.41, 5.74) is 6.36. The molecule has 0 bridgehead atoms. The van der Waals surface area contributed by atoms with Gasteiger partial charge in [-0.15, -0.1) is 12.4 Å². The van der Waals surface area contributed by atoms with E-state index in [0.717, 1.165) is 5.69 Å². The van der Waals surface area contributed by atoms with Crippen LogP contribution in [0.15, 0.2) is 15.9 Å². The van der Waals surface area contributed by atoms with Crippen molar-refractivity contribution in [2.45, 2.75) is 18.2 Å². The second-order valence-electron chi connectivity index (χ2n) is 2.03. The lowest BCUT2D eigenvalue weighted by molar-refractivity contribution is 0.454. The summed E-state index contributed by atoms with van der Waals surface area (Å²) in [6.07, 6.45) is 3.51. The van der Waals surface area contributed by atoms with Crippen LogP contribution in [0.25, 0.3) is 0 Å². The Morgan fingerprint density at radius 1 is 1.73 bits per heavy atom. The molecule has 64 valence electrons. The second-order valence-corrected chi connectivity index (χ2v) is 2.79. The summed E-state index contributed by atoms with van der Waals surface area (Å²) in [6, 6.07) is -0.0374. The molecule has 1 rings (SSSR count). The van der Waals surface area contributed by atoms with Gasteiger partial charge in [0.15, 0.2) is 0 Å². The van der Waals surface area contributed by atoms with Gasteiger partial charge in [-0.1, -0.05) is 11.8 Å². The van der Waals surface area contributed by atoms with Crippen molar-refractivity contribution < 1.29 is 4.42 Å². The number of hydrogen-bond donors (Lipinski definition) is 1. The van der Waals surface area contributed by atoms with E-state index in [1.165, 1.54) is 11.8 Å². The van der Waals surface area contributed by atoms with Crippen molar-refractivity contribution in [3.05, 3.63) is 12.0 Å². The summed E-state index contributed by atoms with van der Waals surface area (Å²) in [7, 11) is 0. The average molecular weight is 195 g/mol. The van der Waals surface area contributed by atoms with Crippen LogP contribution in [0, 0.1) is 0 Å². The van der Waals surface area contributed by atoms with Gasteiger partial charge in [-0.05, 0) is 13.2 Å². The summed E-state index contributed by atoms with van der Waals surface area (Å²) < 4.78 is 5.05. The number of nitrogens with two attached hydrogens (primary N) is 1. The lowest BCUT2D eigenvalue weighted by Gasteiger charge is -1.94. The van der Waals surface area contributed by atoms with Crippen molar-refractivity contribution in [1.29, 1.82) is 0 Å². The van der Waals surface area contributed by atoms with E-state index in [1.807, 2.05) is 13.2 Å². The predicted octanol–water partition coefficient (Wildman–Crippen LogP) is 1.84.